The Morgan fingerprint density at radius 2 is 2.05 bits per heavy atom. The quantitative estimate of drug-likeness (QED) is 0.588. The van der Waals surface area contributed by atoms with Crippen molar-refractivity contribution in [2.45, 2.75) is 45.6 Å². The molecule has 0 unspecified atom stereocenters. The number of rotatable bonds is 7. The second-order valence-electron chi connectivity index (χ2n) is 4.64. The fraction of sp³-hybridized carbons (Fsp3) is 0.438. The van der Waals surface area contributed by atoms with Gasteiger partial charge in [-0.15, -0.1) is 0 Å². The van der Waals surface area contributed by atoms with Crippen LogP contribution >= 0.6 is 15.9 Å². The zero-order chi connectivity index (χ0) is 14.3. The van der Waals surface area contributed by atoms with E-state index in [0.29, 0.717) is 5.57 Å². The van der Waals surface area contributed by atoms with Gasteiger partial charge in [0.2, 0.25) is 0 Å². The van der Waals surface area contributed by atoms with Crippen molar-refractivity contribution in [2.75, 3.05) is 0 Å². The average Bonchev–Trinajstić information content (AvgIpc) is 2.38. The SMILES string of the molecule is CCCCC/C=C(\C(C)=O)[C@@H](O)c1ccccc1Br. The molecule has 2 nitrogen and oxygen atoms in total. The molecule has 1 rings (SSSR count). The fourth-order valence-electron chi connectivity index (χ4n) is 1.96. The normalized spacial score (nSPS) is 13.4. The lowest BCUT2D eigenvalue weighted by atomic mass is 9.97. The molecule has 0 aliphatic rings. The van der Waals surface area contributed by atoms with Gasteiger partial charge in [0.1, 0.15) is 6.10 Å². The van der Waals surface area contributed by atoms with Crippen LogP contribution < -0.4 is 0 Å². The maximum Gasteiger partial charge on any atom is 0.158 e. The molecule has 1 aromatic rings. The molecule has 1 aromatic carbocycles. The van der Waals surface area contributed by atoms with E-state index in [-0.39, 0.29) is 5.78 Å². The van der Waals surface area contributed by atoms with Crippen molar-refractivity contribution in [2.24, 2.45) is 0 Å². The first kappa shape index (κ1) is 16.1. The summed E-state index contributed by atoms with van der Waals surface area (Å²) in [6.45, 7) is 3.65. The van der Waals surface area contributed by atoms with Crippen LogP contribution in [-0.2, 0) is 4.79 Å². The van der Waals surface area contributed by atoms with Crippen molar-refractivity contribution >= 4 is 21.7 Å². The second kappa shape index (κ2) is 8.28. The zero-order valence-electron chi connectivity index (χ0n) is 11.5. The van der Waals surface area contributed by atoms with Crippen LogP contribution in [0.5, 0.6) is 0 Å². The number of aliphatic hydroxyl groups excluding tert-OH is 1. The highest BCUT2D eigenvalue weighted by Gasteiger charge is 2.18. The minimum absolute atomic E-state index is 0.0697. The van der Waals surface area contributed by atoms with Gasteiger partial charge in [0.25, 0.3) is 0 Å². The van der Waals surface area contributed by atoms with Crippen LogP contribution in [0.2, 0.25) is 0 Å². The summed E-state index contributed by atoms with van der Waals surface area (Å²) in [5, 5.41) is 10.4. The number of ketones is 1. The number of allylic oxidation sites excluding steroid dienone is 1. The molecule has 1 N–H and O–H groups in total. The smallest absolute Gasteiger partial charge is 0.158 e. The largest absolute Gasteiger partial charge is 0.383 e. The van der Waals surface area contributed by atoms with Crippen LogP contribution in [0.4, 0.5) is 0 Å². The van der Waals surface area contributed by atoms with E-state index in [2.05, 4.69) is 22.9 Å². The third kappa shape index (κ3) is 4.92. The molecular weight excluding hydrogens is 304 g/mol. The number of unbranched alkanes of at least 4 members (excludes halogenated alkanes) is 3. The van der Waals surface area contributed by atoms with Crippen molar-refractivity contribution in [3.8, 4) is 0 Å². The summed E-state index contributed by atoms with van der Waals surface area (Å²) in [7, 11) is 0. The summed E-state index contributed by atoms with van der Waals surface area (Å²) in [6, 6.07) is 7.45. The van der Waals surface area contributed by atoms with Crippen LogP contribution in [0.15, 0.2) is 40.4 Å². The van der Waals surface area contributed by atoms with Crippen LogP contribution in [-0.4, -0.2) is 10.9 Å². The lowest BCUT2D eigenvalue weighted by Crippen LogP contribution is -2.09. The maximum absolute atomic E-state index is 11.7. The Morgan fingerprint density at radius 1 is 1.37 bits per heavy atom. The van der Waals surface area contributed by atoms with Gasteiger partial charge >= 0.3 is 0 Å². The molecule has 0 amide bonds. The topological polar surface area (TPSA) is 37.3 Å². The van der Waals surface area contributed by atoms with Gasteiger partial charge in [-0.05, 0) is 31.4 Å². The lowest BCUT2D eigenvalue weighted by Gasteiger charge is -2.15. The number of hydrogen-bond acceptors (Lipinski definition) is 2. The number of carbonyl (C=O) groups is 1. The Labute approximate surface area is 123 Å². The summed E-state index contributed by atoms with van der Waals surface area (Å²) < 4.78 is 0.822. The Kier molecular flexibility index (Phi) is 7.03. The molecule has 0 aliphatic heterocycles. The van der Waals surface area contributed by atoms with Gasteiger partial charge in [-0.25, -0.2) is 0 Å². The summed E-state index contributed by atoms with van der Waals surface area (Å²) >= 11 is 3.41. The Bertz CT molecular complexity index is 452. The van der Waals surface area contributed by atoms with Gasteiger partial charge in [-0.1, -0.05) is 60.0 Å². The van der Waals surface area contributed by atoms with Crippen molar-refractivity contribution in [3.05, 3.63) is 46.0 Å². The first-order chi connectivity index (χ1) is 9.07. The number of hydrogen-bond donors (Lipinski definition) is 1. The molecule has 3 heteroatoms. The van der Waals surface area contributed by atoms with Crippen LogP contribution in [0.1, 0.15) is 51.2 Å². The summed E-state index contributed by atoms with van der Waals surface area (Å²) in [5.41, 5.74) is 1.22. The molecule has 19 heavy (non-hydrogen) atoms. The summed E-state index contributed by atoms with van der Waals surface area (Å²) in [6.07, 6.45) is 5.21. The van der Waals surface area contributed by atoms with Gasteiger partial charge in [0, 0.05) is 10.0 Å². The van der Waals surface area contributed by atoms with Gasteiger partial charge in [-0.3, -0.25) is 4.79 Å². The third-order valence-electron chi connectivity index (χ3n) is 3.07. The first-order valence-electron chi connectivity index (χ1n) is 6.71. The monoisotopic (exact) mass is 324 g/mol. The van der Waals surface area contributed by atoms with E-state index >= 15 is 0 Å². The molecule has 104 valence electrons. The second-order valence-corrected chi connectivity index (χ2v) is 5.49. The van der Waals surface area contributed by atoms with Crippen LogP contribution in [0.25, 0.3) is 0 Å². The molecule has 0 bridgehead atoms. The molecular formula is C16H21BrO2. The highest BCUT2D eigenvalue weighted by molar-refractivity contribution is 9.10. The number of Topliss-reactive ketones (excluding diaryl/α,β-unsaturated/α-hetero) is 1. The lowest BCUT2D eigenvalue weighted by molar-refractivity contribution is -0.114. The van der Waals surface area contributed by atoms with E-state index < -0.39 is 6.10 Å². The van der Waals surface area contributed by atoms with Gasteiger partial charge < -0.3 is 5.11 Å². The number of carbonyl (C=O) groups excluding carboxylic acids is 1. The van der Waals surface area contributed by atoms with Crippen LogP contribution in [0, 0.1) is 0 Å². The van der Waals surface area contributed by atoms with Gasteiger partial charge in [0.05, 0.1) is 0 Å². The predicted octanol–water partition coefficient (Wildman–Crippen LogP) is 4.58. The highest BCUT2D eigenvalue weighted by Crippen LogP contribution is 2.29. The molecule has 0 saturated carbocycles. The minimum atomic E-state index is -0.852. The molecule has 0 saturated heterocycles. The molecule has 0 spiro atoms. The fourth-order valence-corrected chi connectivity index (χ4v) is 2.47. The van der Waals surface area contributed by atoms with E-state index in [9.17, 15) is 9.90 Å². The van der Waals surface area contributed by atoms with E-state index in [1.54, 1.807) is 0 Å². The average molecular weight is 325 g/mol. The number of halogens is 1. The molecule has 0 fully saturated rings. The molecule has 0 aromatic heterocycles. The predicted molar refractivity (Wildman–Crippen MR) is 82.0 cm³/mol. The molecule has 0 radical (unpaired) electrons. The maximum atomic E-state index is 11.7. The first-order valence-corrected chi connectivity index (χ1v) is 7.50. The minimum Gasteiger partial charge on any atom is -0.383 e. The molecule has 0 aliphatic carbocycles. The van der Waals surface area contributed by atoms with Crippen LogP contribution in [0.3, 0.4) is 0 Å². The third-order valence-corrected chi connectivity index (χ3v) is 3.80. The Balaban J connectivity index is 2.87. The highest BCUT2D eigenvalue weighted by atomic mass is 79.9. The number of benzene rings is 1. The molecule has 1 atom stereocenters. The Morgan fingerprint density at radius 3 is 2.63 bits per heavy atom. The van der Waals surface area contributed by atoms with E-state index in [1.807, 2.05) is 30.3 Å². The van der Waals surface area contributed by atoms with Crippen molar-refractivity contribution < 1.29 is 9.90 Å². The van der Waals surface area contributed by atoms with Gasteiger partial charge in [-0.2, -0.15) is 0 Å². The zero-order valence-corrected chi connectivity index (χ0v) is 13.1. The van der Waals surface area contributed by atoms with E-state index in [1.165, 1.54) is 6.92 Å². The van der Waals surface area contributed by atoms with Gasteiger partial charge in [0.15, 0.2) is 5.78 Å². The van der Waals surface area contributed by atoms with Crippen molar-refractivity contribution in [1.82, 2.24) is 0 Å². The summed E-state index contributed by atoms with van der Waals surface area (Å²) in [4.78, 5) is 11.7. The summed E-state index contributed by atoms with van der Waals surface area (Å²) in [5.74, 6) is -0.0697. The van der Waals surface area contributed by atoms with Crippen molar-refractivity contribution in [3.63, 3.8) is 0 Å². The Hall–Kier alpha value is -0.930. The molecule has 0 heterocycles. The van der Waals surface area contributed by atoms with E-state index in [0.717, 1.165) is 35.7 Å². The van der Waals surface area contributed by atoms with E-state index in [4.69, 9.17) is 0 Å². The standard InChI is InChI=1S/C16H21BrO2/c1-3-4-5-6-9-13(12(2)18)16(19)14-10-7-8-11-15(14)17/h7-11,16,19H,3-6H2,1-2H3/b13-9+/t16-/m1/s1. The number of aliphatic hydroxyl groups is 1. The van der Waals surface area contributed by atoms with Crippen molar-refractivity contribution in [1.29, 1.82) is 0 Å².